The fourth-order valence-electron chi connectivity index (χ4n) is 1.65. The number of carbonyl (C=O) groups is 2. The lowest BCUT2D eigenvalue weighted by atomic mass is 10.2. The SMILES string of the molecule is CC(=O)Nc1ccc(OCc2ccccc2)c(C=O)n1. The van der Waals surface area contributed by atoms with E-state index in [1.807, 2.05) is 30.3 Å². The van der Waals surface area contributed by atoms with Crippen LogP contribution in [-0.2, 0) is 11.4 Å². The lowest BCUT2D eigenvalue weighted by molar-refractivity contribution is -0.114. The molecule has 20 heavy (non-hydrogen) atoms. The molecule has 1 aromatic carbocycles. The number of hydrogen-bond donors (Lipinski definition) is 1. The average Bonchev–Trinajstić information content (AvgIpc) is 2.46. The van der Waals surface area contributed by atoms with Crippen molar-refractivity contribution in [3.63, 3.8) is 0 Å². The van der Waals surface area contributed by atoms with Crippen LogP contribution in [0, 0.1) is 0 Å². The van der Waals surface area contributed by atoms with Crippen molar-refractivity contribution in [3.05, 3.63) is 53.7 Å². The van der Waals surface area contributed by atoms with Crippen molar-refractivity contribution < 1.29 is 14.3 Å². The summed E-state index contributed by atoms with van der Waals surface area (Å²) in [5, 5.41) is 2.52. The van der Waals surface area contributed by atoms with Crippen molar-refractivity contribution in [1.29, 1.82) is 0 Å². The van der Waals surface area contributed by atoms with Crippen LogP contribution < -0.4 is 10.1 Å². The number of pyridine rings is 1. The summed E-state index contributed by atoms with van der Waals surface area (Å²) in [5.41, 5.74) is 1.16. The number of nitrogens with one attached hydrogen (secondary N) is 1. The summed E-state index contributed by atoms with van der Waals surface area (Å²) in [6.45, 7) is 1.73. The van der Waals surface area contributed by atoms with Gasteiger partial charge in [-0.1, -0.05) is 30.3 Å². The second kappa shape index (κ2) is 6.47. The zero-order valence-corrected chi connectivity index (χ0v) is 11.0. The second-order valence-corrected chi connectivity index (χ2v) is 4.15. The van der Waals surface area contributed by atoms with E-state index in [4.69, 9.17) is 4.74 Å². The fourth-order valence-corrected chi connectivity index (χ4v) is 1.65. The summed E-state index contributed by atoms with van der Waals surface area (Å²) in [7, 11) is 0. The van der Waals surface area contributed by atoms with Gasteiger partial charge in [-0.25, -0.2) is 4.98 Å². The molecule has 0 aliphatic rings. The third-order valence-electron chi connectivity index (χ3n) is 2.54. The Kier molecular flexibility index (Phi) is 4.44. The number of nitrogens with zero attached hydrogens (tertiary/aromatic N) is 1. The van der Waals surface area contributed by atoms with Crippen LogP contribution in [0.3, 0.4) is 0 Å². The highest BCUT2D eigenvalue weighted by molar-refractivity contribution is 5.88. The Hall–Kier alpha value is -2.69. The van der Waals surface area contributed by atoms with Crippen LogP contribution in [0.5, 0.6) is 5.75 Å². The van der Waals surface area contributed by atoms with Crippen LogP contribution in [-0.4, -0.2) is 17.2 Å². The number of carbonyl (C=O) groups excluding carboxylic acids is 2. The van der Waals surface area contributed by atoms with Crippen molar-refractivity contribution >= 4 is 18.0 Å². The molecule has 0 bridgehead atoms. The van der Waals surface area contributed by atoms with E-state index >= 15 is 0 Å². The van der Waals surface area contributed by atoms with Gasteiger partial charge in [0.25, 0.3) is 0 Å². The first-order valence-corrected chi connectivity index (χ1v) is 6.09. The molecule has 1 aromatic heterocycles. The zero-order chi connectivity index (χ0) is 14.4. The van der Waals surface area contributed by atoms with Gasteiger partial charge in [-0.05, 0) is 17.7 Å². The molecule has 0 aliphatic carbocycles. The highest BCUT2D eigenvalue weighted by atomic mass is 16.5. The molecule has 0 radical (unpaired) electrons. The maximum Gasteiger partial charge on any atom is 0.222 e. The van der Waals surface area contributed by atoms with Gasteiger partial charge in [-0.3, -0.25) is 9.59 Å². The van der Waals surface area contributed by atoms with Gasteiger partial charge in [0.05, 0.1) is 0 Å². The predicted octanol–water partition coefficient (Wildman–Crippen LogP) is 2.43. The lowest BCUT2D eigenvalue weighted by Crippen LogP contribution is -2.09. The Balaban J connectivity index is 2.11. The molecule has 0 aliphatic heterocycles. The third-order valence-corrected chi connectivity index (χ3v) is 2.54. The molecule has 5 heteroatoms. The van der Waals surface area contributed by atoms with E-state index in [1.165, 1.54) is 6.92 Å². The van der Waals surface area contributed by atoms with Crippen molar-refractivity contribution in [3.8, 4) is 5.75 Å². The Morgan fingerprint density at radius 2 is 2.00 bits per heavy atom. The molecule has 0 atom stereocenters. The molecular formula is C15H14N2O3. The highest BCUT2D eigenvalue weighted by Crippen LogP contribution is 2.19. The van der Waals surface area contributed by atoms with Gasteiger partial charge in [0.15, 0.2) is 6.29 Å². The van der Waals surface area contributed by atoms with E-state index in [2.05, 4.69) is 10.3 Å². The minimum absolute atomic E-state index is 0.159. The first-order chi connectivity index (χ1) is 9.69. The Morgan fingerprint density at radius 1 is 1.25 bits per heavy atom. The van der Waals surface area contributed by atoms with Crippen LogP contribution in [0.25, 0.3) is 0 Å². The molecule has 0 saturated carbocycles. The van der Waals surface area contributed by atoms with Crippen LogP contribution >= 0.6 is 0 Å². The fraction of sp³-hybridized carbons (Fsp3) is 0.133. The normalized spacial score (nSPS) is 9.85. The van der Waals surface area contributed by atoms with Crippen molar-refractivity contribution in [2.45, 2.75) is 13.5 Å². The van der Waals surface area contributed by atoms with Gasteiger partial charge in [-0.2, -0.15) is 0 Å². The van der Waals surface area contributed by atoms with E-state index in [0.717, 1.165) is 5.56 Å². The first kappa shape index (κ1) is 13.7. The standard InChI is InChI=1S/C15H14N2O3/c1-11(19)16-15-8-7-14(13(9-18)17-15)20-10-12-5-3-2-4-6-12/h2-9H,10H2,1H3,(H,16,17,19). The lowest BCUT2D eigenvalue weighted by Gasteiger charge is -2.09. The van der Waals surface area contributed by atoms with Crippen LogP contribution in [0.1, 0.15) is 23.0 Å². The van der Waals surface area contributed by atoms with E-state index in [9.17, 15) is 9.59 Å². The number of ether oxygens (including phenoxy) is 1. The van der Waals surface area contributed by atoms with Crippen molar-refractivity contribution in [2.24, 2.45) is 0 Å². The van der Waals surface area contributed by atoms with Crippen LogP contribution in [0.4, 0.5) is 5.82 Å². The molecule has 2 aromatic rings. The quantitative estimate of drug-likeness (QED) is 0.847. The molecule has 1 heterocycles. The monoisotopic (exact) mass is 270 g/mol. The Morgan fingerprint density at radius 3 is 2.65 bits per heavy atom. The van der Waals surface area contributed by atoms with Gasteiger partial charge in [-0.15, -0.1) is 0 Å². The maximum atomic E-state index is 11.0. The topological polar surface area (TPSA) is 68.3 Å². The van der Waals surface area contributed by atoms with Crippen LogP contribution in [0.15, 0.2) is 42.5 Å². The van der Waals surface area contributed by atoms with Crippen molar-refractivity contribution in [1.82, 2.24) is 4.98 Å². The van der Waals surface area contributed by atoms with Gasteiger partial charge in [0, 0.05) is 6.92 Å². The van der Waals surface area contributed by atoms with Gasteiger partial charge in [0.2, 0.25) is 5.91 Å². The number of aromatic nitrogens is 1. The number of hydrogen-bond acceptors (Lipinski definition) is 4. The molecule has 0 spiro atoms. The number of amides is 1. The Labute approximate surface area is 116 Å². The summed E-state index contributed by atoms with van der Waals surface area (Å²) in [5.74, 6) is 0.469. The molecule has 5 nitrogen and oxygen atoms in total. The van der Waals surface area contributed by atoms with Gasteiger partial charge >= 0.3 is 0 Å². The van der Waals surface area contributed by atoms with Crippen LogP contribution in [0.2, 0.25) is 0 Å². The largest absolute Gasteiger partial charge is 0.487 e. The molecule has 102 valence electrons. The third kappa shape index (κ3) is 3.65. The average molecular weight is 270 g/mol. The first-order valence-electron chi connectivity index (χ1n) is 6.09. The molecule has 1 amide bonds. The highest BCUT2D eigenvalue weighted by Gasteiger charge is 2.07. The molecule has 2 rings (SSSR count). The number of aldehydes is 1. The van der Waals surface area contributed by atoms with E-state index < -0.39 is 0 Å². The molecular weight excluding hydrogens is 256 g/mol. The maximum absolute atomic E-state index is 11.0. The smallest absolute Gasteiger partial charge is 0.222 e. The Bertz CT molecular complexity index is 612. The summed E-state index contributed by atoms with van der Waals surface area (Å²) >= 11 is 0. The van der Waals surface area contributed by atoms with Gasteiger partial charge in [0.1, 0.15) is 23.9 Å². The zero-order valence-electron chi connectivity index (χ0n) is 11.0. The van der Waals surface area contributed by atoms with E-state index in [-0.39, 0.29) is 11.6 Å². The minimum atomic E-state index is -0.243. The minimum Gasteiger partial charge on any atom is -0.487 e. The molecule has 0 fully saturated rings. The summed E-state index contributed by atoms with van der Waals surface area (Å²) in [6, 6.07) is 12.8. The number of anilines is 1. The number of benzene rings is 1. The van der Waals surface area contributed by atoms with E-state index in [1.54, 1.807) is 12.1 Å². The van der Waals surface area contributed by atoms with E-state index in [0.29, 0.717) is 24.5 Å². The molecule has 0 unspecified atom stereocenters. The second-order valence-electron chi connectivity index (χ2n) is 4.15. The summed E-state index contributed by atoms with van der Waals surface area (Å²) in [4.78, 5) is 26.0. The molecule has 1 N–H and O–H groups in total. The van der Waals surface area contributed by atoms with Gasteiger partial charge < -0.3 is 10.1 Å². The number of rotatable bonds is 5. The molecule has 0 saturated heterocycles. The summed E-state index contributed by atoms with van der Waals surface area (Å²) in [6.07, 6.45) is 0.603. The predicted molar refractivity (Wildman–Crippen MR) is 74.7 cm³/mol. The van der Waals surface area contributed by atoms with Crippen molar-refractivity contribution in [2.75, 3.05) is 5.32 Å². The summed E-state index contributed by atoms with van der Waals surface area (Å²) < 4.78 is 5.57.